The molecule has 2 amide bonds. The van der Waals surface area contributed by atoms with Gasteiger partial charge >= 0.3 is 6.09 Å². The van der Waals surface area contributed by atoms with E-state index in [1.807, 2.05) is 0 Å². The number of carbonyl (C=O) groups excluding carboxylic acids is 2. The number of hydrogen-bond acceptors (Lipinski definition) is 6. The van der Waals surface area contributed by atoms with Crippen molar-refractivity contribution in [2.75, 3.05) is 0 Å². The molecule has 8 nitrogen and oxygen atoms in total. The number of ether oxygens (including phenoxy) is 1. The molecular formula is C18H22ClN5O3. The summed E-state index contributed by atoms with van der Waals surface area (Å²) in [5.74, 6) is 0.264. The molecule has 27 heavy (non-hydrogen) atoms. The molecule has 0 radical (unpaired) electrons. The average molecular weight is 392 g/mol. The maximum Gasteiger partial charge on any atom is 0.407 e. The molecule has 0 aliphatic rings. The van der Waals surface area contributed by atoms with Crippen LogP contribution in [0.15, 0.2) is 24.5 Å². The van der Waals surface area contributed by atoms with E-state index in [-0.39, 0.29) is 23.9 Å². The second kappa shape index (κ2) is 8.77. The van der Waals surface area contributed by atoms with Crippen LogP contribution in [0.4, 0.5) is 4.79 Å². The molecule has 0 fully saturated rings. The lowest BCUT2D eigenvalue weighted by Gasteiger charge is -2.19. The van der Waals surface area contributed by atoms with Gasteiger partial charge in [-0.05, 0) is 45.4 Å². The molecule has 9 heteroatoms. The Balaban J connectivity index is 1.97. The van der Waals surface area contributed by atoms with Crippen LogP contribution in [0.2, 0.25) is 5.15 Å². The van der Waals surface area contributed by atoms with E-state index in [0.29, 0.717) is 11.4 Å². The van der Waals surface area contributed by atoms with Crippen LogP contribution in [-0.4, -0.2) is 32.6 Å². The van der Waals surface area contributed by atoms with E-state index in [1.165, 1.54) is 0 Å². The van der Waals surface area contributed by atoms with Crippen LogP contribution in [0.25, 0.3) is 0 Å². The summed E-state index contributed by atoms with van der Waals surface area (Å²) in [6.07, 6.45) is 2.73. The van der Waals surface area contributed by atoms with E-state index in [0.717, 1.165) is 5.56 Å². The summed E-state index contributed by atoms with van der Waals surface area (Å²) in [4.78, 5) is 36.2. The molecule has 2 heterocycles. The highest BCUT2D eigenvalue weighted by Gasteiger charge is 2.16. The van der Waals surface area contributed by atoms with Crippen molar-refractivity contribution in [3.8, 4) is 0 Å². The quantitative estimate of drug-likeness (QED) is 0.759. The number of aryl methyl sites for hydroxylation is 1. The molecule has 2 rings (SSSR count). The molecule has 0 spiro atoms. The van der Waals surface area contributed by atoms with Crippen molar-refractivity contribution >= 4 is 23.6 Å². The van der Waals surface area contributed by atoms with Gasteiger partial charge in [0.15, 0.2) is 0 Å². The van der Waals surface area contributed by atoms with Crippen LogP contribution < -0.4 is 10.6 Å². The van der Waals surface area contributed by atoms with Crippen molar-refractivity contribution < 1.29 is 14.3 Å². The van der Waals surface area contributed by atoms with E-state index in [9.17, 15) is 9.59 Å². The lowest BCUT2D eigenvalue weighted by Crippen LogP contribution is -2.32. The van der Waals surface area contributed by atoms with Crippen molar-refractivity contribution in [2.24, 2.45) is 0 Å². The minimum absolute atomic E-state index is 0.150. The Morgan fingerprint density at radius 3 is 2.33 bits per heavy atom. The number of alkyl carbamates (subject to hydrolysis) is 1. The summed E-state index contributed by atoms with van der Waals surface area (Å²) >= 11 is 6.00. The van der Waals surface area contributed by atoms with Crippen LogP contribution in [0.3, 0.4) is 0 Å². The number of amides is 2. The Hall–Kier alpha value is -2.74. The monoisotopic (exact) mass is 391 g/mol. The predicted molar refractivity (Wildman–Crippen MR) is 100 cm³/mol. The maximum atomic E-state index is 12.3. The zero-order valence-corrected chi connectivity index (χ0v) is 16.4. The molecule has 0 saturated heterocycles. The zero-order valence-electron chi connectivity index (χ0n) is 15.7. The molecule has 2 aromatic rings. The van der Waals surface area contributed by atoms with Gasteiger partial charge in [0.25, 0.3) is 5.91 Å². The van der Waals surface area contributed by atoms with Crippen LogP contribution in [0, 0.1) is 6.92 Å². The van der Waals surface area contributed by atoms with Gasteiger partial charge in [-0.25, -0.2) is 19.7 Å². The second-order valence-electron chi connectivity index (χ2n) is 6.86. The number of nitrogens with zero attached hydrogens (tertiary/aromatic N) is 3. The zero-order chi connectivity index (χ0) is 20.0. The van der Waals surface area contributed by atoms with E-state index in [2.05, 4.69) is 25.6 Å². The van der Waals surface area contributed by atoms with Gasteiger partial charge in [-0.1, -0.05) is 11.6 Å². The van der Waals surface area contributed by atoms with Crippen molar-refractivity contribution in [3.05, 3.63) is 52.3 Å². The van der Waals surface area contributed by atoms with Gasteiger partial charge in [0, 0.05) is 31.0 Å². The highest BCUT2D eigenvalue weighted by molar-refractivity contribution is 6.29. The first-order chi connectivity index (χ1) is 12.6. The number of halogens is 1. The molecule has 2 aromatic heterocycles. The lowest BCUT2D eigenvalue weighted by molar-refractivity contribution is 0.0523. The topological polar surface area (TPSA) is 106 Å². The van der Waals surface area contributed by atoms with E-state index < -0.39 is 17.6 Å². The smallest absolute Gasteiger partial charge is 0.407 e. The third kappa shape index (κ3) is 7.18. The fourth-order valence-electron chi connectivity index (χ4n) is 2.04. The van der Waals surface area contributed by atoms with Gasteiger partial charge in [-0.2, -0.15) is 0 Å². The first kappa shape index (κ1) is 20.6. The standard InChI is InChI=1S/C18H22ClN5O3/c1-11-20-8-13(9-21-11)10-22-16(25)14-5-12(6-15(19)24-14)7-23-17(26)27-18(2,3)4/h5-6,8-9H,7,10H2,1-4H3,(H,22,25)(H,23,26). The summed E-state index contributed by atoms with van der Waals surface area (Å²) < 4.78 is 5.17. The summed E-state index contributed by atoms with van der Waals surface area (Å²) in [6.45, 7) is 7.53. The highest BCUT2D eigenvalue weighted by atomic mass is 35.5. The fourth-order valence-corrected chi connectivity index (χ4v) is 2.27. The number of nitrogens with one attached hydrogen (secondary N) is 2. The minimum atomic E-state index is -0.593. The number of carbonyl (C=O) groups is 2. The second-order valence-corrected chi connectivity index (χ2v) is 7.25. The van der Waals surface area contributed by atoms with Crippen molar-refractivity contribution in [2.45, 2.75) is 46.4 Å². The van der Waals surface area contributed by atoms with Crippen molar-refractivity contribution in [1.29, 1.82) is 0 Å². The molecule has 0 aromatic carbocycles. The van der Waals surface area contributed by atoms with Crippen LogP contribution in [0.5, 0.6) is 0 Å². The SMILES string of the molecule is Cc1ncc(CNC(=O)c2cc(CNC(=O)OC(C)(C)C)cc(Cl)n2)cn1. The molecule has 0 atom stereocenters. The molecule has 0 saturated carbocycles. The first-order valence-corrected chi connectivity index (χ1v) is 8.69. The van der Waals surface area contributed by atoms with Crippen LogP contribution in [-0.2, 0) is 17.8 Å². The maximum absolute atomic E-state index is 12.3. The van der Waals surface area contributed by atoms with E-state index in [1.54, 1.807) is 52.2 Å². The third-order valence-electron chi connectivity index (χ3n) is 3.21. The summed E-state index contributed by atoms with van der Waals surface area (Å²) in [5, 5.41) is 5.50. The minimum Gasteiger partial charge on any atom is -0.444 e. The number of aromatic nitrogens is 3. The molecule has 0 aliphatic heterocycles. The van der Waals surface area contributed by atoms with E-state index >= 15 is 0 Å². The molecule has 0 unspecified atom stereocenters. The summed E-state index contributed by atoms with van der Waals surface area (Å²) in [7, 11) is 0. The van der Waals surface area contributed by atoms with Crippen molar-refractivity contribution in [1.82, 2.24) is 25.6 Å². The number of pyridine rings is 1. The van der Waals surface area contributed by atoms with Crippen LogP contribution in [0.1, 0.15) is 48.2 Å². The van der Waals surface area contributed by atoms with E-state index in [4.69, 9.17) is 16.3 Å². The molecule has 0 bridgehead atoms. The Bertz CT molecular complexity index is 819. The van der Waals surface area contributed by atoms with Gasteiger partial charge in [0.05, 0.1) is 0 Å². The Labute approximate surface area is 162 Å². The number of hydrogen-bond donors (Lipinski definition) is 2. The average Bonchev–Trinajstić information content (AvgIpc) is 2.57. The Morgan fingerprint density at radius 1 is 1.07 bits per heavy atom. The van der Waals surface area contributed by atoms with Gasteiger partial charge in [0.1, 0.15) is 22.3 Å². The van der Waals surface area contributed by atoms with Gasteiger partial charge in [-0.3, -0.25) is 4.79 Å². The summed E-state index contributed by atoms with van der Waals surface area (Å²) in [6, 6.07) is 3.13. The summed E-state index contributed by atoms with van der Waals surface area (Å²) in [5.41, 5.74) is 0.953. The molecular weight excluding hydrogens is 370 g/mol. The Morgan fingerprint density at radius 2 is 1.70 bits per heavy atom. The van der Waals surface area contributed by atoms with Gasteiger partial charge in [0.2, 0.25) is 0 Å². The van der Waals surface area contributed by atoms with Gasteiger partial charge < -0.3 is 15.4 Å². The molecule has 0 aliphatic carbocycles. The predicted octanol–water partition coefficient (Wildman–Crippen LogP) is 2.79. The molecule has 2 N–H and O–H groups in total. The highest BCUT2D eigenvalue weighted by Crippen LogP contribution is 2.12. The first-order valence-electron chi connectivity index (χ1n) is 8.31. The third-order valence-corrected chi connectivity index (χ3v) is 3.40. The lowest BCUT2D eigenvalue weighted by atomic mass is 10.2. The van der Waals surface area contributed by atoms with Gasteiger partial charge in [-0.15, -0.1) is 0 Å². The largest absolute Gasteiger partial charge is 0.444 e. The Kier molecular flexibility index (Phi) is 6.68. The molecule has 144 valence electrons. The normalized spacial score (nSPS) is 11.0. The van der Waals surface area contributed by atoms with Crippen LogP contribution >= 0.6 is 11.6 Å². The fraction of sp³-hybridized carbons (Fsp3) is 0.389. The number of rotatable bonds is 5. The van der Waals surface area contributed by atoms with Crippen molar-refractivity contribution in [3.63, 3.8) is 0 Å².